The van der Waals surface area contributed by atoms with Crippen molar-refractivity contribution in [2.45, 2.75) is 40.2 Å². The summed E-state index contributed by atoms with van der Waals surface area (Å²) in [5.41, 5.74) is 5.27. The van der Waals surface area contributed by atoms with Crippen LogP contribution in [0.4, 0.5) is 5.69 Å². The van der Waals surface area contributed by atoms with Crippen LogP contribution in [-0.2, 0) is 16.1 Å². The molecule has 1 saturated heterocycles. The van der Waals surface area contributed by atoms with Gasteiger partial charge in [0.15, 0.2) is 0 Å². The summed E-state index contributed by atoms with van der Waals surface area (Å²) < 4.78 is 2.18. The largest absolute Gasteiger partial charge is 0.356 e. The molecule has 6 heteroatoms. The molecule has 1 aliphatic rings. The topological polar surface area (TPSA) is 67.2 Å². The molecule has 1 atom stereocenters. The third kappa shape index (κ3) is 3.82. The number of aryl methyl sites for hydroxylation is 3. The number of rotatable bonds is 6. The summed E-state index contributed by atoms with van der Waals surface area (Å²) in [5, 5.41) is 3.02. The first-order chi connectivity index (χ1) is 14.5. The average molecular weight is 405 g/mol. The molecule has 0 radical (unpaired) electrons. The highest BCUT2D eigenvalue weighted by molar-refractivity contribution is 6.00. The maximum atomic E-state index is 12.7. The van der Waals surface area contributed by atoms with Gasteiger partial charge in [-0.05, 0) is 56.5 Å². The fourth-order valence-corrected chi connectivity index (χ4v) is 4.22. The van der Waals surface area contributed by atoms with Crippen LogP contribution in [0.2, 0.25) is 0 Å². The van der Waals surface area contributed by atoms with Crippen molar-refractivity contribution in [3.8, 4) is 0 Å². The van der Waals surface area contributed by atoms with Crippen LogP contribution in [0.5, 0.6) is 0 Å². The second-order valence-electron chi connectivity index (χ2n) is 8.07. The molecule has 156 valence electrons. The predicted octanol–water partition coefficient (Wildman–Crippen LogP) is 3.52. The molecular weight excluding hydrogens is 376 g/mol. The Kier molecular flexibility index (Phi) is 5.57. The van der Waals surface area contributed by atoms with Gasteiger partial charge in [-0.2, -0.15) is 0 Å². The molecule has 3 aromatic rings. The van der Waals surface area contributed by atoms with Gasteiger partial charge in [0.2, 0.25) is 11.8 Å². The molecule has 0 aliphatic carbocycles. The molecular formula is C24H28N4O2. The minimum Gasteiger partial charge on any atom is -0.356 e. The van der Waals surface area contributed by atoms with Gasteiger partial charge in [0.25, 0.3) is 0 Å². The maximum absolute atomic E-state index is 12.7. The third-order valence-corrected chi connectivity index (χ3v) is 6.07. The van der Waals surface area contributed by atoms with E-state index < -0.39 is 0 Å². The first kappa shape index (κ1) is 20.1. The zero-order valence-electron chi connectivity index (χ0n) is 17.8. The Balaban J connectivity index is 1.32. The van der Waals surface area contributed by atoms with Gasteiger partial charge in [-0.1, -0.05) is 24.3 Å². The zero-order valence-corrected chi connectivity index (χ0v) is 17.8. The van der Waals surface area contributed by atoms with E-state index in [9.17, 15) is 9.59 Å². The van der Waals surface area contributed by atoms with Crippen LogP contribution in [0.3, 0.4) is 0 Å². The number of benzene rings is 2. The van der Waals surface area contributed by atoms with Crippen molar-refractivity contribution in [3.05, 3.63) is 59.4 Å². The minimum absolute atomic E-state index is 0.0179. The minimum atomic E-state index is -0.298. The van der Waals surface area contributed by atoms with E-state index in [0.717, 1.165) is 46.6 Å². The van der Waals surface area contributed by atoms with Gasteiger partial charge in [-0.15, -0.1) is 0 Å². The van der Waals surface area contributed by atoms with Crippen LogP contribution >= 0.6 is 0 Å². The van der Waals surface area contributed by atoms with Gasteiger partial charge in [-0.25, -0.2) is 4.98 Å². The standard InChI is InChI=1S/C24H28N4O2/c1-16-8-6-11-21(17(16)2)28-15-19(14-23(28)29)24(30)25-12-7-13-27-18(3)26-20-9-4-5-10-22(20)27/h4-6,8-11,19H,7,12-15H2,1-3H3,(H,25,30). The Morgan fingerprint density at radius 2 is 1.93 bits per heavy atom. The summed E-state index contributed by atoms with van der Waals surface area (Å²) in [5.74, 6) is 0.661. The van der Waals surface area contributed by atoms with Crippen LogP contribution in [0.1, 0.15) is 29.8 Å². The zero-order chi connectivity index (χ0) is 21.3. The van der Waals surface area contributed by atoms with E-state index in [-0.39, 0.29) is 24.2 Å². The average Bonchev–Trinajstić information content (AvgIpc) is 3.27. The number of para-hydroxylation sites is 2. The molecule has 4 rings (SSSR count). The fraction of sp³-hybridized carbons (Fsp3) is 0.375. The molecule has 2 amide bonds. The van der Waals surface area contributed by atoms with Crippen molar-refractivity contribution < 1.29 is 9.59 Å². The molecule has 1 unspecified atom stereocenters. The van der Waals surface area contributed by atoms with E-state index in [2.05, 4.69) is 20.9 Å². The summed E-state index contributed by atoms with van der Waals surface area (Å²) in [6.07, 6.45) is 1.08. The first-order valence-corrected chi connectivity index (χ1v) is 10.5. The SMILES string of the molecule is Cc1cccc(N2CC(C(=O)NCCCn3c(C)nc4ccccc43)CC2=O)c1C. The van der Waals surface area contributed by atoms with Crippen molar-refractivity contribution in [2.75, 3.05) is 18.0 Å². The second-order valence-corrected chi connectivity index (χ2v) is 8.07. The molecule has 6 nitrogen and oxygen atoms in total. The van der Waals surface area contributed by atoms with Crippen LogP contribution in [0.25, 0.3) is 11.0 Å². The van der Waals surface area contributed by atoms with E-state index in [1.165, 1.54) is 0 Å². The molecule has 0 bridgehead atoms. The normalized spacial score (nSPS) is 16.4. The van der Waals surface area contributed by atoms with Crippen molar-refractivity contribution in [3.63, 3.8) is 0 Å². The van der Waals surface area contributed by atoms with E-state index in [4.69, 9.17) is 0 Å². The van der Waals surface area contributed by atoms with Crippen LogP contribution < -0.4 is 10.2 Å². The lowest BCUT2D eigenvalue weighted by molar-refractivity contribution is -0.126. The molecule has 2 aromatic carbocycles. The lowest BCUT2D eigenvalue weighted by Crippen LogP contribution is -2.34. The second kappa shape index (κ2) is 8.30. The molecule has 1 fully saturated rings. The lowest BCUT2D eigenvalue weighted by Gasteiger charge is -2.20. The van der Waals surface area contributed by atoms with Crippen molar-refractivity contribution in [1.82, 2.24) is 14.9 Å². The van der Waals surface area contributed by atoms with Crippen molar-refractivity contribution >= 4 is 28.5 Å². The summed E-state index contributed by atoms with van der Waals surface area (Å²) in [6.45, 7) is 7.89. The number of carbonyl (C=O) groups excluding carboxylic acids is 2. The van der Waals surface area contributed by atoms with E-state index in [0.29, 0.717) is 13.1 Å². The van der Waals surface area contributed by atoms with E-state index in [1.807, 2.05) is 57.2 Å². The van der Waals surface area contributed by atoms with Crippen LogP contribution in [0.15, 0.2) is 42.5 Å². The van der Waals surface area contributed by atoms with Crippen molar-refractivity contribution in [2.24, 2.45) is 5.92 Å². The van der Waals surface area contributed by atoms with Gasteiger partial charge in [0.05, 0.1) is 17.0 Å². The van der Waals surface area contributed by atoms with Gasteiger partial charge < -0.3 is 14.8 Å². The van der Waals surface area contributed by atoms with Crippen LogP contribution in [-0.4, -0.2) is 34.5 Å². The highest BCUT2D eigenvalue weighted by Crippen LogP contribution is 2.29. The van der Waals surface area contributed by atoms with E-state index in [1.54, 1.807) is 4.90 Å². The Labute approximate surface area is 176 Å². The molecule has 1 aromatic heterocycles. The smallest absolute Gasteiger partial charge is 0.227 e. The molecule has 0 saturated carbocycles. The molecule has 30 heavy (non-hydrogen) atoms. The number of hydrogen-bond donors (Lipinski definition) is 1. The van der Waals surface area contributed by atoms with Gasteiger partial charge in [0, 0.05) is 31.7 Å². The Morgan fingerprint density at radius 3 is 2.77 bits per heavy atom. The highest BCUT2D eigenvalue weighted by atomic mass is 16.2. The monoisotopic (exact) mass is 404 g/mol. The molecule has 2 heterocycles. The van der Waals surface area contributed by atoms with E-state index >= 15 is 0 Å². The Bertz CT molecular complexity index is 1100. The number of amides is 2. The number of hydrogen-bond acceptors (Lipinski definition) is 3. The van der Waals surface area contributed by atoms with Gasteiger partial charge in [-0.3, -0.25) is 9.59 Å². The summed E-state index contributed by atoms with van der Waals surface area (Å²) in [7, 11) is 0. The number of nitrogens with zero attached hydrogens (tertiary/aromatic N) is 3. The number of aromatic nitrogens is 2. The maximum Gasteiger partial charge on any atom is 0.227 e. The first-order valence-electron chi connectivity index (χ1n) is 10.5. The number of carbonyl (C=O) groups is 2. The summed E-state index contributed by atoms with van der Waals surface area (Å²) >= 11 is 0. The summed E-state index contributed by atoms with van der Waals surface area (Å²) in [6, 6.07) is 14.0. The lowest BCUT2D eigenvalue weighted by atomic mass is 10.1. The number of anilines is 1. The third-order valence-electron chi connectivity index (χ3n) is 6.07. The molecule has 0 spiro atoms. The fourth-order valence-electron chi connectivity index (χ4n) is 4.22. The van der Waals surface area contributed by atoms with Crippen molar-refractivity contribution in [1.29, 1.82) is 0 Å². The van der Waals surface area contributed by atoms with Gasteiger partial charge >= 0.3 is 0 Å². The highest BCUT2D eigenvalue weighted by Gasteiger charge is 2.35. The number of nitrogens with one attached hydrogen (secondary N) is 1. The Hall–Kier alpha value is -3.15. The van der Waals surface area contributed by atoms with Gasteiger partial charge in [0.1, 0.15) is 5.82 Å². The number of imidazole rings is 1. The molecule has 1 N–H and O–H groups in total. The predicted molar refractivity (Wildman–Crippen MR) is 118 cm³/mol. The number of fused-ring (bicyclic) bond motifs is 1. The molecule has 1 aliphatic heterocycles. The summed E-state index contributed by atoms with van der Waals surface area (Å²) in [4.78, 5) is 31.5. The quantitative estimate of drug-likeness (QED) is 0.639. The Morgan fingerprint density at radius 1 is 1.13 bits per heavy atom. The van der Waals surface area contributed by atoms with Crippen LogP contribution in [0, 0.1) is 26.7 Å².